The number of rotatable bonds is 7. The molecule has 0 aliphatic heterocycles. The molecule has 0 radical (unpaired) electrons. The molecule has 158 valence electrons. The molecule has 5 aromatic rings. The highest BCUT2D eigenvalue weighted by molar-refractivity contribution is 6.03. The first kappa shape index (κ1) is 19.4. The Bertz CT molecular complexity index is 1440. The zero-order valence-corrected chi connectivity index (χ0v) is 17.1. The smallest absolute Gasteiger partial charge is 0.292 e. The molecule has 0 fully saturated rings. The number of benzene rings is 2. The number of imidazole rings is 1. The largest absolute Gasteiger partial charge is 0.493 e. The molecule has 0 atom stereocenters. The van der Waals surface area contributed by atoms with Crippen molar-refractivity contribution in [1.82, 2.24) is 24.5 Å². The topological polar surface area (TPSA) is 111 Å². The van der Waals surface area contributed by atoms with E-state index in [1.165, 1.54) is 6.33 Å². The van der Waals surface area contributed by atoms with Crippen molar-refractivity contribution in [2.24, 2.45) is 0 Å². The Balaban J connectivity index is 1.54. The molecule has 0 unspecified atom stereocenters. The second-order valence-electron chi connectivity index (χ2n) is 6.99. The lowest BCUT2D eigenvalue weighted by molar-refractivity contribution is 0.280. The third-order valence-corrected chi connectivity index (χ3v) is 5.16. The van der Waals surface area contributed by atoms with Crippen LogP contribution in [0.5, 0.6) is 17.2 Å². The molecular formula is C23H18N6O3. The van der Waals surface area contributed by atoms with Crippen LogP contribution in [0.1, 0.15) is 0 Å². The minimum absolute atomic E-state index is 0.459. The number of aromatic amines is 1. The fourth-order valence-corrected chi connectivity index (χ4v) is 3.64. The van der Waals surface area contributed by atoms with Crippen LogP contribution in [0.25, 0.3) is 33.1 Å². The number of nitrogens with one attached hydrogen (secondary N) is 1. The summed E-state index contributed by atoms with van der Waals surface area (Å²) < 4.78 is 18.5. The van der Waals surface area contributed by atoms with Gasteiger partial charge in [-0.25, -0.2) is 15.0 Å². The summed E-state index contributed by atoms with van der Waals surface area (Å²) in [5.74, 6) is 1.66. The Labute approximate surface area is 182 Å². The van der Waals surface area contributed by atoms with Crippen molar-refractivity contribution in [1.29, 1.82) is 5.26 Å². The lowest BCUT2D eigenvalue weighted by Crippen LogP contribution is -2.07. The standard InChI is InChI=1S/C23H18N6O3/c1-30-21-9-17-20(10-22(21)31-7-6-29-5-4-25-14-29)27-13-28-23(17)18-11-26-19-3-2-15(32-12-24)8-16(18)19/h2-5,8-11,13-14,26H,6-7H2,1H3. The molecule has 1 N–H and O–H groups in total. The molecule has 0 spiro atoms. The Morgan fingerprint density at radius 3 is 2.88 bits per heavy atom. The number of hydrogen-bond acceptors (Lipinski definition) is 7. The molecule has 5 rings (SSSR count). The number of aromatic nitrogens is 5. The van der Waals surface area contributed by atoms with E-state index < -0.39 is 0 Å². The normalized spacial score (nSPS) is 10.9. The van der Waals surface area contributed by atoms with Gasteiger partial charge in [-0.2, -0.15) is 0 Å². The van der Waals surface area contributed by atoms with Gasteiger partial charge in [0.25, 0.3) is 6.26 Å². The number of hydrogen-bond donors (Lipinski definition) is 1. The van der Waals surface area contributed by atoms with Gasteiger partial charge in [0, 0.05) is 46.5 Å². The van der Waals surface area contributed by atoms with Gasteiger partial charge in [0.15, 0.2) is 11.5 Å². The van der Waals surface area contributed by atoms with E-state index in [9.17, 15) is 0 Å². The summed E-state index contributed by atoms with van der Waals surface area (Å²) in [6.45, 7) is 1.12. The predicted octanol–water partition coefficient (Wildman–Crippen LogP) is 3.92. The molecule has 9 heteroatoms. The molecule has 0 aliphatic carbocycles. The van der Waals surface area contributed by atoms with E-state index in [4.69, 9.17) is 19.5 Å². The third kappa shape index (κ3) is 3.54. The first-order chi connectivity index (χ1) is 15.8. The number of fused-ring (bicyclic) bond motifs is 2. The maximum atomic E-state index is 8.84. The van der Waals surface area contributed by atoms with E-state index in [-0.39, 0.29) is 0 Å². The monoisotopic (exact) mass is 426 g/mol. The maximum Gasteiger partial charge on any atom is 0.292 e. The predicted molar refractivity (Wildman–Crippen MR) is 117 cm³/mol. The van der Waals surface area contributed by atoms with Crippen molar-refractivity contribution < 1.29 is 14.2 Å². The average Bonchev–Trinajstić information content (AvgIpc) is 3.48. The van der Waals surface area contributed by atoms with Crippen molar-refractivity contribution in [2.45, 2.75) is 6.54 Å². The van der Waals surface area contributed by atoms with E-state index in [1.807, 2.05) is 41.2 Å². The number of methoxy groups -OCH3 is 1. The summed E-state index contributed by atoms with van der Waals surface area (Å²) in [7, 11) is 1.60. The lowest BCUT2D eigenvalue weighted by Gasteiger charge is -2.13. The van der Waals surface area contributed by atoms with E-state index in [0.717, 1.165) is 33.1 Å². The summed E-state index contributed by atoms with van der Waals surface area (Å²) in [5, 5.41) is 10.5. The van der Waals surface area contributed by atoms with Gasteiger partial charge in [-0.15, -0.1) is 5.26 Å². The minimum atomic E-state index is 0.459. The quantitative estimate of drug-likeness (QED) is 0.393. The molecule has 0 aliphatic rings. The second kappa shape index (κ2) is 8.28. The average molecular weight is 426 g/mol. The number of ether oxygens (including phenoxy) is 3. The van der Waals surface area contributed by atoms with Crippen LogP contribution in [0.15, 0.2) is 61.6 Å². The number of H-pyrrole nitrogens is 1. The second-order valence-corrected chi connectivity index (χ2v) is 6.99. The Morgan fingerprint density at radius 2 is 2.06 bits per heavy atom. The van der Waals surface area contributed by atoms with Crippen LogP contribution in [0.3, 0.4) is 0 Å². The first-order valence-electron chi connectivity index (χ1n) is 9.85. The fourth-order valence-electron chi connectivity index (χ4n) is 3.64. The van der Waals surface area contributed by atoms with Crippen molar-refractivity contribution in [2.75, 3.05) is 13.7 Å². The summed E-state index contributed by atoms with van der Waals surface area (Å²) in [5.41, 5.74) is 3.24. The highest BCUT2D eigenvalue weighted by Crippen LogP contribution is 2.38. The molecule has 32 heavy (non-hydrogen) atoms. The molecule has 0 saturated carbocycles. The van der Waals surface area contributed by atoms with Crippen LogP contribution in [-0.2, 0) is 6.54 Å². The van der Waals surface area contributed by atoms with Crippen molar-refractivity contribution in [3.05, 3.63) is 61.6 Å². The van der Waals surface area contributed by atoms with Gasteiger partial charge in [-0.1, -0.05) is 0 Å². The highest BCUT2D eigenvalue weighted by Gasteiger charge is 2.16. The zero-order chi connectivity index (χ0) is 21.9. The van der Waals surface area contributed by atoms with E-state index in [1.54, 1.807) is 32.0 Å². The van der Waals surface area contributed by atoms with Gasteiger partial charge in [0.05, 0.1) is 31.2 Å². The molecular weight excluding hydrogens is 408 g/mol. The van der Waals surface area contributed by atoms with Crippen molar-refractivity contribution >= 4 is 21.8 Å². The van der Waals surface area contributed by atoms with E-state index in [0.29, 0.717) is 30.4 Å². The van der Waals surface area contributed by atoms with E-state index >= 15 is 0 Å². The number of nitrogens with zero attached hydrogens (tertiary/aromatic N) is 5. The highest BCUT2D eigenvalue weighted by atomic mass is 16.5. The summed E-state index contributed by atoms with van der Waals surface area (Å²) in [6, 6.07) is 9.14. The molecule has 0 bridgehead atoms. The first-order valence-corrected chi connectivity index (χ1v) is 9.85. The van der Waals surface area contributed by atoms with Crippen LogP contribution >= 0.6 is 0 Å². The van der Waals surface area contributed by atoms with Gasteiger partial charge < -0.3 is 23.8 Å². The molecule has 9 nitrogen and oxygen atoms in total. The lowest BCUT2D eigenvalue weighted by atomic mass is 10.0. The van der Waals surface area contributed by atoms with Gasteiger partial charge in [-0.3, -0.25) is 0 Å². The van der Waals surface area contributed by atoms with Gasteiger partial charge in [0.2, 0.25) is 0 Å². The van der Waals surface area contributed by atoms with Crippen LogP contribution in [-0.4, -0.2) is 38.2 Å². The van der Waals surface area contributed by atoms with Crippen LogP contribution in [0, 0.1) is 11.5 Å². The molecule has 3 heterocycles. The molecule has 3 aromatic heterocycles. The Kier molecular flexibility index (Phi) is 5.01. The summed E-state index contributed by atoms with van der Waals surface area (Å²) >= 11 is 0. The SMILES string of the molecule is COc1cc2c(-c3c[nH]c4ccc(OC#N)cc34)ncnc2cc1OCCn1ccnc1. The van der Waals surface area contributed by atoms with Gasteiger partial charge >= 0.3 is 0 Å². The van der Waals surface area contributed by atoms with Crippen molar-refractivity contribution in [3.63, 3.8) is 0 Å². The summed E-state index contributed by atoms with van der Waals surface area (Å²) in [6.07, 6.45) is 10.5. The van der Waals surface area contributed by atoms with Gasteiger partial charge in [0.1, 0.15) is 18.7 Å². The van der Waals surface area contributed by atoms with Crippen LogP contribution < -0.4 is 14.2 Å². The molecule has 0 saturated heterocycles. The zero-order valence-electron chi connectivity index (χ0n) is 17.1. The van der Waals surface area contributed by atoms with E-state index in [2.05, 4.69) is 19.9 Å². The third-order valence-electron chi connectivity index (χ3n) is 5.16. The Morgan fingerprint density at radius 1 is 1.12 bits per heavy atom. The van der Waals surface area contributed by atoms with Crippen LogP contribution in [0.2, 0.25) is 0 Å². The number of nitriles is 1. The maximum absolute atomic E-state index is 8.84. The molecule has 2 aromatic carbocycles. The van der Waals surface area contributed by atoms with Gasteiger partial charge in [-0.05, 0) is 24.3 Å². The fraction of sp³-hybridized carbons (Fsp3) is 0.130. The Hall–Kier alpha value is -4.58. The minimum Gasteiger partial charge on any atom is -0.493 e. The van der Waals surface area contributed by atoms with Crippen LogP contribution in [0.4, 0.5) is 0 Å². The van der Waals surface area contributed by atoms with Crippen molar-refractivity contribution in [3.8, 4) is 34.8 Å². The summed E-state index contributed by atoms with van der Waals surface area (Å²) in [4.78, 5) is 16.2. The molecule has 0 amide bonds.